The van der Waals surface area contributed by atoms with Gasteiger partial charge in [0.1, 0.15) is 10.6 Å². The highest BCUT2D eigenvalue weighted by atomic mass is 32.2. The van der Waals surface area contributed by atoms with Crippen molar-refractivity contribution >= 4 is 10.1 Å². The molecule has 0 bridgehead atoms. The fraction of sp³-hybridized carbons (Fsp3) is 0.143. The zero-order chi connectivity index (χ0) is 22.2. The lowest BCUT2D eigenvalue weighted by atomic mass is 9.85. The number of aromatic amines is 4. The molecule has 0 aliphatic heterocycles. The van der Waals surface area contributed by atoms with Crippen molar-refractivity contribution in [2.24, 2.45) is 0 Å². The number of aryl methyl sites for hydroxylation is 2. The molecule has 0 fully saturated rings. The third kappa shape index (κ3) is 3.84. The van der Waals surface area contributed by atoms with Crippen LogP contribution in [0.2, 0.25) is 0 Å². The van der Waals surface area contributed by atoms with Crippen LogP contribution in [0, 0.1) is 13.8 Å². The van der Waals surface area contributed by atoms with Gasteiger partial charge in [-0.1, -0.05) is 30.3 Å². The van der Waals surface area contributed by atoms with E-state index in [9.17, 15) is 18.0 Å². The van der Waals surface area contributed by atoms with Crippen LogP contribution in [-0.4, -0.2) is 28.8 Å². The SMILES string of the molecule is Cc1[nH][nH]c(=O)c1C(c1ccc(OS(=O)(=O)c2ccccc2)cc1)c1c(C)[nH][nH]c1=O. The zero-order valence-electron chi connectivity index (χ0n) is 16.7. The second-order valence-electron chi connectivity index (χ2n) is 7.09. The Labute approximate surface area is 177 Å². The van der Waals surface area contributed by atoms with E-state index in [1.807, 2.05) is 0 Å². The molecule has 4 aromatic rings. The van der Waals surface area contributed by atoms with E-state index in [0.717, 1.165) is 0 Å². The molecule has 4 N–H and O–H groups in total. The Kier molecular flexibility index (Phi) is 5.15. The third-order valence-electron chi connectivity index (χ3n) is 5.05. The first-order valence-electron chi connectivity index (χ1n) is 9.41. The van der Waals surface area contributed by atoms with Crippen LogP contribution in [0.4, 0.5) is 0 Å². The van der Waals surface area contributed by atoms with E-state index >= 15 is 0 Å². The first-order chi connectivity index (χ1) is 14.8. The molecule has 0 radical (unpaired) electrons. The molecule has 0 spiro atoms. The third-order valence-corrected chi connectivity index (χ3v) is 6.31. The number of hydrogen-bond donors (Lipinski definition) is 4. The molecule has 4 rings (SSSR count). The average molecular weight is 440 g/mol. The van der Waals surface area contributed by atoms with E-state index in [-0.39, 0.29) is 21.8 Å². The van der Waals surface area contributed by atoms with Crippen LogP contribution >= 0.6 is 0 Å². The summed E-state index contributed by atoms with van der Waals surface area (Å²) < 4.78 is 30.1. The summed E-state index contributed by atoms with van der Waals surface area (Å²) in [5, 5.41) is 10.7. The van der Waals surface area contributed by atoms with Gasteiger partial charge >= 0.3 is 10.1 Å². The Bertz CT molecular complexity index is 1370. The summed E-state index contributed by atoms with van der Waals surface area (Å²) in [6.45, 7) is 3.47. The van der Waals surface area contributed by atoms with Crippen LogP contribution in [0.25, 0.3) is 0 Å². The Morgan fingerprint density at radius 1 is 0.742 bits per heavy atom. The molecule has 9 nitrogen and oxygen atoms in total. The number of nitrogens with one attached hydrogen (secondary N) is 4. The van der Waals surface area contributed by atoms with Crippen LogP contribution in [0.1, 0.15) is 34.0 Å². The van der Waals surface area contributed by atoms with Gasteiger partial charge in [0.15, 0.2) is 0 Å². The van der Waals surface area contributed by atoms with E-state index in [0.29, 0.717) is 28.1 Å². The molecule has 0 amide bonds. The lowest BCUT2D eigenvalue weighted by Crippen LogP contribution is -2.20. The standard InChI is InChI=1S/C21H20N4O5S/c1-12-17(20(26)24-22-12)19(18-13(2)23-25-21(18)27)14-8-10-15(11-9-14)30-31(28,29)16-6-4-3-5-7-16/h3-11,19H,1-2H3,(H2,22,24,26)(H2,23,25,27). The summed E-state index contributed by atoms with van der Waals surface area (Å²) in [4.78, 5) is 25.0. The maximum Gasteiger partial charge on any atom is 0.339 e. The van der Waals surface area contributed by atoms with Crippen molar-refractivity contribution in [2.75, 3.05) is 0 Å². The first-order valence-corrected chi connectivity index (χ1v) is 10.8. The fourth-order valence-corrected chi connectivity index (χ4v) is 4.51. The summed E-state index contributed by atoms with van der Waals surface area (Å²) in [7, 11) is -3.98. The van der Waals surface area contributed by atoms with Gasteiger partial charge in [0.05, 0.1) is 11.1 Å². The van der Waals surface area contributed by atoms with Gasteiger partial charge in [0.25, 0.3) is 11.1 Å². The highest BCUT2D eigenvalue weighted by Gasteiger charge is 2.28. The van der Waals surface area contributed by atoms with E-state index in [2.05, 4.69) is 20.4 Å². The van der Waals surface area contributed by atoms with E-state index in [1.54, 1.807) is 44.2 Å². The highest BCUT2D eigenvalue weighted by molar-refractivity contribution is 7.87. The zero-order valence-corrected chi connectivity index (χ0v) is 17.5. The normalized spacial score (nSPS) is 11.7. The molecular weight excluding hydrogens is 420 g/mol. The molecule has 0 saturated heterocycles. The van der Waals surface area contributed by atoms with Crippen molar-refractivity contribution in [2.45, 2.75) is 24.7 Å². The second-order valence-corrected chi connectivity index (χ2v) is 8.63. The number of hydrogen-bond acceptors (Lipinski definition) is 5. The Balaban J connectivity index is 1.75. The number of aromatic nitrogens is 4. The van der Waals surface area contributed by atoms with E-state index in [1.165, 1.54) is 24.3 Å². The quantitative estimate of drug-likeness (QED) is 0.341. The van der Waals surface area contributed by atoms with Gasteiger partial charge in [-0.05, 0) is 43.7 Å². The van der Waals surface area contributed by atoms with Crippen molar-refractivity contribution in [1.29, 1.82) is 0 Å². The van der Waals surface area contributed by atoms with Crippen molar-refractivity contribution in [3.05, 3.63) is 103 Å². The van der Waals surface area contributed by atoms with Crippen LogP contribution in [0.15, 0.2) is 69.1 Å². The van der Waals surface area contributed by atoms with Crippen LogP contribution in [-0.2, 0) is 10.1 Å². The molecule has 2 heterocycles. The first kappa shape index (κ1) is 20.5. The monoisotopic (exact) mass is 440 g/mol. The van der Waals surface area contributed by atoms with Gasteiger partial charge in [0.2, 0.25) is 0 Å². The maximum absolute atomic E-state index is 12.5. The number of rotatable bonds is 6. The van der Waals surface area contributed by atoms with E-state index in [4.69, 9.17) is 4.18 Å². The lowest BCUT2D eigenvalue weighted by molar-refractivity contribution is 0.486. The highest BCUT2D eigenvalue weighted by Crippen LogP contribution is 2.32. The van der Waals surface area contributed by atoms with Gasteiger partial charge in [-0.3, -0.25) is 19.8 Å². The summed E-state index contributed by atoms with van der Waals surface area (Å²) in [5.74, 6) is -0.546. The van der Waals surface area contributed by atoms with Crippen LogP contribution in [0.3, 0.4) is 0 Å². The molecule has 10 heteroatoms. The molecule has 0 aliphatic rings. The number of benzene rings is 2. The summed E-state index contributed by atoms with van der Waals surface area (Å²) >= 11 is 0. The Morgan fingerprint density at radius 3 is 1.71 bits per heavy atom. The maximum atomic E-state index is 12.5. The van der Waals surface area contributed by atoms with Crippen molar-refractivity contribution in [3.8, 4) is 5.75 Å². The molecule has 0 atom stereocenters. The molecule has 31 heavy (non-hydrogen) atoms. The fourth-order valence-electron chi connectivity index (χ4n) is 3.56. The van der Waals surface area contributed by atoms with Crippen molar-refractivity contribution in [1.82, 2.24) is 20.4 Å². The lowest BCUT2D eigenvalue weighted by Gasteiger charge is -2.16. The number of H-pyrrole nitrogens is 4. The van der Waals surface area contributed by atoms with Gasteiger partial charge in [-0.15, -0.1) is 0 Å². The molecule has 0 aliphatic carbocycles. The summed E-state index contributed by atoms with van der Waals surface area (Å²) in [6, 6.07) is 14.1. The topological polar surface area (TPSA) is 141 Å². The molecule has 0 saturated carbocycles. The van der Waals surface area contributed by atoms with Crippen LogP contribution < -0.4 is 15.3 Å². The van der Waals surface area contributed by atoms with Crippen molar-refractivity contribution < 1.29 is 12.6 Å². The largest absolute Gasteiger partial charge is 0.379 e. The van der Waals surface area contributed by atoms with E-state index < -0.39 is 16.0 Å². The van der Waals surface area contributed by atoms with Gasteiger partial charge in [-0.25, -0.2) is 0 Å². The molecular formula is C21H20N4O5S. The van der Waals surface area contributed by atoms with Crippen molar-refractivity contribution in [3.63, 3.8) is 0 Å². The molecule has 160 valence electrons. The Morgan fingerprint density at radius 2 is 1.26 bits per heavy atom. The minimum atomic E-state index is -3.98. The summed E-state index contributed by atoms with van der Waals surface area (Å²) in [6.07, 6.45) is 0. The van der Waals surface area contributed by atoms with Gasteiger partial charge in [-0.2, -0.15) is 8.42 Å². The van der Waals surface area contributed by atoms with Crippen LogP contribution in [0.5, 0.6) is 5.75 Å². The van der Waals surface area contributed by atoms with Gasteiger partial charge < -0.3 is 14.4 Å². The predicted molar refractivity (Wildman–Crippen MR) is 114 cm³/mol. The average Bonchev–Trinajstić information content (AvgIpc) is 3.26. The molecule has 2 aromatic carbocycles. The van der Waals surface area contributed by atoms with Gasteiger partial charge in [0, 0.05) is 17.3 Å². The smallest absolute Gasteiger partial charge is 0.339 e. The minimum absolute atomic E-state index is 0.0425. The minimum Gasteiger partial charge on any atom is -0.379 e. The summed E-state index contributed by atoms with van der Waals surface area (Å²) in [5.41, 5.74) is 1.95. The second kappa shape index (κ2) is 7.80. The predicted octanol–water partition coefficient (Wildman–Crippen LogP) is 2.28. The molecule has 0 unspecified atom stereocenters. The Hall–Kier alpha value is -3.79. The molecule has 2 aromatic heterocycles.